The van der Waals surface area contributed by atoms with Crippen LogP contribution in [0.5, 0.6) is 0 Å². The third-order valence-electron chi connectivity index (χ3n) is 5.10. The van der Waals surface area contributed by atoms with E-state index >= 15 is 0 Å². The topological polar surface area (TPSA) is 0 Å². The zero-order valence-corrected chi connectivity index (χ0v) is 22.2. The van der Waals surface area contributed by atoms with E-state index in [1.54, 1.807) is 0 Å². The number of allylic oxidation sites excluding steroid dienone is 8. The van der Waals surface area contributed by atoms with Gasteiger partial charge in [0.05, 0.1) is 0 Å². The molecule has 2 aliphatic carbocycles. The van der Waals surface area contributed by atoms with Crippen LogP contribution in [0.15, 0.2) is 94.4 Å². The molecule has 0 radical (unpaired) electrons. The average molecular weight is 488 g/mol. The van der Waals surface area contributed by atoms with Gasteiger partial charge in [-0.2, -0.15) is 61.4 Å². The van der Waals surface area contributed by atoms with E-state index in [9.17, 15) is 0 Å². The molecule has 0 saturated carbocycles. The van der Waals surface area contributed by atoms with Crippen LogP contribution in [-0.4, -0.2) is 8.07 Å². The molecular formula is C28H32SiZr. The molecule has 0 heterocycles. The Morgan fingerprint density at radius 1 is 0.667 bits per heavy atom. The molecule has 0 amide bonds. The van der Waals surface area contributed by atoms with Crippen molar-refractivity contribution in [2.75, 3.05) is 0 Å². The van der Waals surface area contributed by atoms with E-state index in [1.807, 2.05) is 60.7 Å². The van der Waals surface area contributed by atoms with Gasteiger partial charge in [-0.05, 0) is 0 Å². The molecule has 2 aromatic rings. The van der Waals surface area contributed by atoms with Gasteiger partial charge in [-0.3, -0.25) is 12.2 Å². The predicted molar refractivity (Wildman–Crippen MR) is 130 cm³/mol. The Morgan fingerprint density at radius 2 is 1.00 bits per heavy atom. The molecule has 0 fully saturated rings. The van der Waals surface area contributed by atoms with Gasteiger partial charge in [-0.1, -0.05) is 25.2 Å². The summed E-state index contributed by atoms with van der Waals surface area (Å²) in [6.45, 7) is 16.7. The first kappa shape index (κ1) is 26.3. The van der Waals surface area contributed by atoms with Crippen LogP contribution in [0.4, 0.5) is 0 Å². The van der Waals surface area contributed by atoms with Crippen LogP contribution in [0.3, 0.4) is 0 Å². The van der Waals surface area contributed by atoms with Gasteiger partial charge in [0.2, 0.25) is 0 Å². The Labute approximate surface area is 204 Å². The van der Waals surface area contributed by atoms with Crippen molar-refractivity contribution in [1.82, 2.24) is 0 Å². The quantitative estimate of drug-likeness (QED) is 0.301. The van der Waals surface area contributed by atoms with E-state index < -0.39 is 8.07 Å². The summed E-state index contributed by atoms with van der Waals surface area (Å²) in [7, 11) is -1.49. The molecule has 152 valence electrons. The second-order valence-electron chi connectivity index (χ2n) is 7.88. The SMILES string of the molecule is CC1=CC[C-]=C1[Si](C)(C)C1=[C-]CC=C1C.[CH2-]c1ccccc1.[CH2-]c1ccccc1.[Zr+4]. The van der Waals surface area contributed by atoms with Crippen LogP contribution in [0.2, 0.25) is 13.1 Å². The fraction of sp³-hybridized carbons (Fsp3) is 0.214. The Bertz CT molecular complexity index is 825. The Morgan fingerprint density at radius 3 is 1.20 bits per heavy atom. The van der Waals surface area contributed by atoms with Gasteiger partial charge in [0.1, 0.15) is 0 Å². The predicted octanol–water partition coefficient (Wildman–Crippen LogP) is 7.67. The minimum absolute atomic E-state index is 0. The monoisotopic (exact) mass is 486 g/mol. The maximum absolute atomic E-state index is 3.72. The smallest absolute Gasteiger partial charge is 0.273 e. The molecule has 0 aromatic heterocycles. The largest absolute Gasteiger partial charge is 4.00 e. The number of hydrogen-bond acceptors (Lipinski definition) is 0. The maximum atomic E-state index is 3.72. The van der Waals surface area contributed by atoms with Crippen LogP contribution in [-0.2, 0) is 26.2 Å². The second-order valence-corrected chi connectivity index (χ2v) is 12.1. The Hall–Kier alpha value is -1.76. The number of benzene rings is 2. The van der Waals surface area contributed by atoms with E-state index in [4.69, 9.17) is 0 Å². The van der Waals surface area contributed by atoms with Gasteiger partial charge in [0.25, 0.3) is 0 Å². The van der Waals surface area contributed by atoms with Gasteiger partial charge in [-0.25, -0.2) is 21.5 Å². The molecule has 0 aliphatic heterocycles. The standard InChI is InChI=1S/C14H18Si.2C7H7.Zr/c1-11-7-5-9-13(11)15(3,4)14-10-6-8-12(14)2;2*1-7-5-3-2-4-6-7;/h7-8H,5-6H2,1-4H3;2*2-6H,1H2;/q-2;2*-1;+4. The summed E-state index contributed by atoms with van der Waals surface area (Å²) < 4.78 is 0. The van der Waals surface area contributed by atoms with Crippen molar-refractivity contribution >= 4 is 8.07 Å². The van der Waals surface area contributed by atoms with Crippen molar-refractivity contribution in [2.24, 2.45) is 0 Å². The maximum Gasteiger partial charge on any atom is 4.00 e. The molecule has 30 heavy (non-hydrogen) atoms. The molecule has 0 saturated heterocycles. The van der Waals surface area contributed by atoms with Crippen molar-refractivity contribution < 1.29 is 26.2 Å². The summed E-state index contributed by atoms with van der Waals surface area (Å²) in [5, 5.41) is 3.00. The molecule has 2 aromatic carbocycles. The van der Waals surface area contributed by atoms with Crippen molar-refractivity contribution in [2.45, 2.75) is 39.8 Å². The number of rotatable bonds is 2. The van der Waals surface area contributed by atoms with Crippen LogP contribution >= 0.6 is 0 Å². The normalized spacial score (nSPS) is 14.5. The molecule has 0 bridgehead atoms. The van der Waals surface area contributed by atoms with E-state index in [1.165, 1.54) is 21.5 Å². The first-order chi connectivity index (χ1) is 13.8. The second kappa shape index (κ2) is 12.8. The van der Waals surface area contributed by atoms with Gasteiger partial charge in [0, 0.05) is 8.07 Å². The number of hydrogen-bond donors (Lipinski definition) is 0. The molecular weight excluding hydrogens is 456 g/mol. The first-order valence-electron chi connectivity index (χ1n) is 10.1. The van der Waals surface area contributed by atoms with Gasteiger partial charge in [0.15, 0.2) is 0 Å². The average Bonchev–Trinajstić information content (AvgIpc) is 3.33. The third kappa shape index (κ3) is 7.82. The summed E-state index contributed by atoms with van der Waals surface area (Å²) in [6.07, 6.45) is 13.7. The third-order valence-corrected chi connectivity index (χ3v) is 8.74. The van der Waals surface area contributed by atoms with E-state index in [2.05, 4.69) is 65.1 Å². The molecule has 2 heteroatoms. The summed E-state index contributed by atoms with van der Waals surface area (Å²) in [5.74, 6) is 0. The van der Waals surface area contributed by atoms with Crippen molar-refractivity contribution in [3.8, 4) is 0 Å². The molecule has 0 atom stereocenters. The molecule has 2 aliphatic rings. The van der Waals surface area contributed by atoms with E-state index in [0.29, 0.717) is 0 Å². The van der Waals surface area contributed by atoms with E-state index in [-0.39, 0.29) is 26.2 Å². The Balaban J connectivity index is 0.000000251. The summed E-state index contributed by atoms with van der Waals surface area (Å²) in [5.41, 5.74) is 5.03. The molecule has 4 rings (SSSR count). The minimum Gasteiger partial charge on any atom is -0.273 e. The first-order valence-corrected chi connectivity index (χ1v) is 13.1. The summed E-state index contributed by atoms with van der Waals surface area (Å²) in [6, 6.07) is 19.7. The van der Waals surface area contributed by atoms with Crippen LogP contribution in [0, 0.1) is 26.0 Å². The van der Waals surface area contributed by atoms with Crippen molar-refractivity contribution in [3.05, 3.63) is 131 Å². The fourth-order valence-corrected chi connectivity index (χ4v) is 7.12. The van der Waals surface area contributed by atoms with Crippen LogP contribution in [0.25, 0.3) is 0 Å². The fourth-order valence-electron chi connectivity index (χ4n) is 3.60. The zero-order chi connectivity index (χ0) is 21.3. The molecule has 0 N–H and O–H groups in total. The van der Waals surface area contributed by atoms with Gasteiger partial charge < -0.3 is 0 Å². The van der Waals surface area contributed by atoms with Crippen molar-refractivity contribution in [3.63, 3.8) is 0 Å². The van der Waals surface area contributed by atoms with Gasteiger partial charge >= 0.3 is 26.2 Å². The summed E-state index contributed by atoms with van der Waals surface area (Å²) >= 11 is 0. The van der Waals surface area contributed by atoms with Crippen molar-refractivity contribution in [1.29, 1.82) is 0 Å². The zero-order valence-electron chi connectivity index (χ0n) is 18.8. The minimum atomic E-state index is -1.49. The molecule has 0 unspecified atom stereocenters. The molecule has 0 spiro atoms. The Kier molecular flexibility index (Phi) is 11.2. The molecule has 0 nitrogen and oxygen atoms in total. The van der Waals surface area contributed by atoms with Crippen LogP contribution in [0.1, 0.15) is 37.8 Å². The van der Waals surface area contributed by atoms with Gasteiger partial charge in [-0.15, -0.1) is 51.0 Å². The van der Waals surface area contributed by atoms with E-state index in [0.717, 1.165) is 24.0 Å². The van der Waals surface area contributed by atoms with Crippen LogP contribution < -0.4 is 0 Å². The summed E-state index contributed by atoms with van der Waals surface area (Å²) in [4.78, 5) is 0.